The minimum atomic E-state index is -0.246. The number of rotatable bonds is 8. The number of nitrogens with one attached hydrogen (secondary N) is 1. The van der Waals surface area contributed by atoms with Gasteiger partial charge in [0.2, 0.25) is 0 Å². The zero-order valence-corrected chi connectivity index (χ0v) is 16.7. The fourth-order valence-corrected chi connectivity index (χ4v) is 3.24. The molecule has 0 aromatic heterocycles. The van der Waals surface area contributed by atoms with Crippen molar-refractivity contribution in [1.29, 1.82) is 0 Å². The molecule has 0 bridgehead atoms. The van der Waals surface area contributed by atoms with Crippen molar-refractivity contribution < 1.29 is 14.3 Å². The quantitative estimate of drug-likeness (QED) is 0.728. The predicted octanol–water partition coefficient (Wildman–Crippen LogP) is 3.80. The van der Waals surface area contributed by atoms with Gasteiger partial charge in [0.25, 0.3) is 5.91 Å². The number of hydrogen-bond donors (Lipinski definition) is 2. The van der Waals surface area contributed by atoms with Gasteiger partial charge in [0.1, 0.15) is 12.4 Å². The largest absolute Gasteiger partial charge is 0.491 e. The Morgan fingerprint density at radius 3 is 2.64 bits per heavy atom. The normalized spacial score (nSPS) is 17.5. The summed E-state index contributed by atoms with van der Waals surface area (Å²) in [6, 6.07) is 15.2. The van der Waals surface area contributed by atoms with E-state index in [4.69, 9.17) is 15.2 Å². The fraction of sp³-hybridized carbons (Fsp3) is 0.435. The van der Waals surface area contributed by atoms with E-state index >= 15 is 0 Å². The lowest BCUT2D eigenvalue weighted by molar-refractivity contribution is 0.0679. The first-order chi connectivity index (χ1) is 13.5. The van der Waals surface area contributed by atoms with Crippen LogP contribution in [-0.2, 0) is 4.74 Å². The molecule has 28 heavy (non-hydrogen) atoms. The maximum absolute atomic E-state index is 12.5. The first-order valence-corrected chi connectivity index (χ1v) is 10.0. The zero-order chi connectivity index (χ0) is 19.9. The van der Waals surface area contributed by atoms with Crippen molar-refractivity contribution in [3.63, 3.8) is 0 Å². The lowest BCUT2D eigenvalue weighted by Gasteiger charge is -2.15. The summed E-state index contributed by atoms with van der Waals surface area (Å²) in [5.74, 6) is 1.01. The van der Waals surface area contributed by atoms with Crippen molar-refractivity contribution in [2.75, 3.05) is 19.8 Å². The standard InChI is InChI=1S/C23H30N2O3/c1-16(2)17-8-10-18(11-9-17)22(24)14-25-23(26)19-5-3-6-20(13-19)28-15-21-7-4-12-27-21/h3,5-6,8-11,13,16,21-22H,4,7,12,14-15,24H2,1-2H3,(H,25,26). The van der Waals surface area contributed by atoms with E-state index in [-0.39, 0.29) is 18.1 Å². The van der Waals surface area contributed by atoms with Gasteiger partial charge in [0, 0.05) is 24.8 Å². The summed E-state index contributed by atoms with van der Waals surface area (Å²) >= 11 is 0. The molecule has 0 saturated carbocycles. The average Bonchev–Trinajstić information content (AvgIpc) is 3.24. The van der Waals surface area contributed by atoms with Crippen molar-refractivity contribution in [2.45, 2.75) is 44.8 Å². The third-order valence-electron chi connectivity index (χ3n) is 5.07. The van der Waals surface area contributed by atoms with Crippen LogP contribution in [0.5, 0.6) is 5.75 Å². The second kappa shape index (κ2) is 9.71. The third kappa shape index (κ3) is 5.57. The maximum Gasteiger partial charge on any atom is 0.251 e. The molecule has 5 nitrogen and oxygen atoms in total. The highest BCUT2D eigenvalue weighted by atomic mass is 16.5. The van der Waals surface area contributed by atoms with Gasteiger partial charge in [0.05, 0.1) is 6.10 Å². The Kier molecular flexibility index (Phi) is 7.06. The minimum Gasteiger partial charge on any atom is -0.491 e. The molecule has 2 unspecified atom stereocenters. The third-order valence-corrected chi connectivity index (χ3v) is 5.07. The van der Waals surface area contributed by atoms with E-state index in [2.05, 4.69) is 31.3 Å². The van der Waals surface area contributed by atoms with Crippen molar-refractivity contribution in [3.05, 3.63) is 65.2 Å². The fourth-order valence-electron chi connectivity index (χ4n) is 3.24. The van der Waals surface area contributed by atoms with Gasteiger partial charge in [-0.15, -0.1) is 0 Å². The average molecular weight is 383 g/mol. The predicted molar refractivity (Wildman–Crippen MR) is 111 cm³/mol. The smallest absolute Gasteiger partial charge is 0.251 e. The van der Waals surface area contributed by atoms with Crippen LogP contribution in [0.1, 0.15) is 60.1 Å². The van der Waals surface area contributed by atoms with Gasteiger partial charge in [-0.1, -0.05) is 44.2 Å². The van der Waals surface area contributed by atoms with Crippen LogP contribution in [0.4, 0.5) is 0 Å². The monoisotopic (exact) mass is 382 g/mol. The highest BCUT2D eigenvalue weighted by Crippen LogP contribution is 2.19. The molecule has 150 valence electrons. The van der Waals surface area contributed by atoms with Gasteiger partial charge in [-0.25, -0.2) is 0 Å². The van der Waals surface area contributed by atoms with E-state index in [9.17, 15) is 4.79 Å². The molecule has 1 amide bonds. The minimum absolute atomic E-state index is 0.151. The second-order valence-electron chi connectivity index (χ2n) is 7.61. The second-order valence-corrected chi connectivity index (χ2v) is 7.61. The van der Waals surface area contributed by atoms with Crippen molar-refractivity contribution >= 4 is 5.91 Å². The molecule has 5 heteroatoms. The number of ether oxygens (including phenoxy) is 2. The topological polar surface area (TPSA) is 73.6 Å². The van der Waals surface area contributed by atoms with Gasteiger partial charge in [0.15, 0.2) is 0 Å². The van der Waals surface area contributed by atoms with Crippen LogP contribution in [0.3, 0.4) is 0 Å². The molecule has 0 spiro atoms. The SMILES string of the molecule is CC(C)c1ccc(C(N)CNC(=O)c2cccc(OCC3CCCO3)c2)cc1. The first kappa shape index (κ1) is 20.4. The van der Waals surface area contributed by atoms with E-state index in [1.807, 2.05) is 24.3 Å². The summed E-state index contributed by atoms with van der Waals surface area (Å²) in [6.07, 6.45) is 2.25. The van der Waals surface area contributed by atoms with E-state index in [0.717, 1.165) is 25.0 Å². The molecule has 2 atom stereocenters. The van der Waals surface area contributed by atoms with Crippen LogP contribution < -0.4 is 15.8 Å². The van der Waals surface area contributed by atoms with E-state index in [1.165, 1.54) is 5.56 Å². The molecule has 1 fully saturated rings. The van der Waals surface area contributed by atoms with Gasteiger partial charge >= 0.3 is 0 Å². The van der Waals surface area contributed by atoms with Gasteiger partial charge < -0.3 is 20.5 Å². The molecular weight excluding hydrogens is 352 g/mol. The lowest BCUT2D eigenvalue weighted by Crippen LogP contribution is -2.31. The van der Waals surface area contributed by atoms with Crippen molar-refractivity contribution in [2.24, 2.45) is 5.73 Å². The first-order valence-electron chi connectivity index (χ1n) is 10.0. The Morgan fingerprint density at radius 2 is 1.96 bits per heavy atom. The molecular formula is C23H30N2O3. The number of carbonyl (C=O) groups excluding carboxylic acids is 1. The Labute approximate surface area is 167 Å². The molecule has 3 rings (SSSR count). The van der Waals surface area contributed by atoms with Gasteiger partial charge in [-0.3, -0.25) is 4.79 Å². The molecule has 1 heterocycles. The summed E-state index contributed by atoms with van der Waals surface area (Å²) in [6.45, 7) is 6.02. The van der Waals surface area contributed by atoms with E-state index in [1.54, 1.807) is 12.1 Å². The van der Waals surface area contributed by atoms with E-state index < -0.39 is 0 Å². The Morgan fingerprint density at radius 1 is 1.21 bits per heavy atom. The number of nitrogens with two attached hydrogens (primary N) is 1. The summed E-state index contributed by atoms with van der Waals surface area (Å²) in [5.41, 5.74) is 9.09. The molecule has 0 radical (unpaired) electrons. The number of hydrogen-bond acceptors (Lipinski definition) is 4. The van der Waals surface area contributed by atoms with Crippen molar-refractivity contribution in [1.82, 2.24) is 5.32 Å². The highest BCUT2D eigenvalue weighted by molar-refractivity contribution is 5.94. The summed E-state index contributed by atoms with van der Waals surface area (Å²) in [7, 11) is 0. The van der Waals surface area contributed by atoms with Crippen LogP contribution in [0.25, 0.3) is 0 Å². The number of amides is 1. The maximum atomic E-state index is 12.5. The Hall–Kier alpha value is -2.37. The zero-order valence-electron chi connectivity index (χ0n) is 16.7. The van der Waals surface area contributed by atoms with Crippen LogP contribution in [0.2, 0.25) is 0 Å². The Balaban J connectivity index is 1.51. The number of benzene rings is 2. The summed E-state index contributed by atoms with van der Waals surface area (Å²) < 4.78 is 11.3. The molecule has 1 saturated heterocycles. The van der Waals surface area contributed by atoms with Crippen LogP contribution in [0, 0.1) is 0 Å². The highest BCUT2D eigenvalue weighted by Gasteiger charge is 2.16. The summed E-state index contributed by atoms with van der Waals surface area (Å²) in [5, 5.41) is 2.91. The molecule has 1 aliphatic rings. The van der Waals surface area contributed by atoms with Crippen LogP contribution in [-0.4, -0.2) is 31.8 Å². The van der Waals surface area contributed by atoms with Gasteiger partial charge in [-0.05, 0) is 48.1 Å². The Bertz CT molecular complexity index is 768. The van der Waals surface area contributed by atoms with E-state index in [0.29, 0.717) is 30.4 Å². The molecule has 2 aromatic carbocycles. The van der Waals surface area contributed by atoms with Crippen LogP contribution >= 0.6 is 0 Å². The van der Waals surface area contributed by atoms with Crippen LogP contribution in [0.15, 0.2) is 48.5 Å². The molecule has 3 N–H and O–H groups in total. The molecule has 0 aliphatic carbocycles. The lowest BCUT2D eigenvalue weighted by atomic mass is 9.99. The molecule has 1 aliphatic heterocycles. The van der Waals surface area contributed by atoms with Crippen molar-refractivity contribution in [3.8, 4) is 5.75 Å². The van der Waals surface area contributed by atoms with Gasteiger partial charge in [-0.2, -0.15) is 0 Å². The summed E-state index contributed by atoms with van der Waals surface area (Å²) in [4.78, 5) is 12.5. The number of carbonyl (C=O) groups is 1. The molecule has 2 aromatic rings.